The van der Waals surface area contributed by atoms with E-state index in [1.54, 1.807) is 54.6 Å². The number of aliphatic hydroxyl groups is 1. The molecule has 2 aromatic carbocycles. The second-order valence-electron chi connectivity index (χ2n) is 7.77. The van der Waals surface area contributed by atoms with E-state index in [0.29, 0.717) is 15.7 Å². The molecule has 1 aliphatic carbocycles. The van der Waals surface area contributed by atoms with Crippen LogP contribution in [-0.4, -0.2) is 53.7 Å². The number of hydrogen-bond acceptors (Lipinski definition) is 6. The Balaban J connectivity index is 1.77. The molecule has 184 valence electrons. The second-order valence-corrected chi connectivity index (χ2v) is 8.63. The minimum absolute atomic E-state index is 0.0159. The van der Waals surface area contributed by atoms with Gasteiger partial charge in [-0.2, -0.15) is 0 Å². The first kappa shape index (κ1) is 25.9. The van der Waals surface area contributed by atoms with E-state index in [2.05, 4.69) is 31.9 Å². The maximum absolute atomic E-state index is 12.8. The number of nitrogens with two attached hydrogens (primary N) is 1. The van der Waals surface area contributed by atoms with Gasteiger partial charge in [0.2, 0.25) is 11.8 Å². The van der Waals surface area contributed by atoms with Gasteiger partial charge in [0.15, 0.2) is 0 Å². The third-order valence-corrected chi connectivity index (χ3v) is 5.89. The Morgan fingerprint density at radius 1 is 1.03 bits per heavy atom. The average Bonchev–Trinajstić information content (AvgIpc) is 2.82. The van der Waals surface area contributed by atoms with Crippen molar-refractivity contribution in [2.45, 2.75) is 31.1 Å². The highest BCUT2D eigenvalue weighted by molar-refractivity contribution is 9.10. The van der Waals surface area contributed by atoms with Crippen LogP contribution in [0.1, 0.15) is 23.2 Å². The average molecular weight is 545 g/mol. The summed E-state index contributed by atoms with van der Waals surface area (Å²) in [5.41, 5.74) is 6.09. The zero-order valence-electron chi connectivity index (χ0n) is 18.6. The number of nitrogens with one attached hydrogen (secondary N) is 3. The van der Waals surface area contributed by atoms with E-state index in [4.69, 9.17) is 10.5 Å². The Labute approximate surface area is 210 Å². The molecule has 11 heteroatoms. The van der Waals surface area contributed by atoms with Crippen molar-refractivity contribution in [2.75, 3.05) is 11.9 Å². The number of amides is 4. The van der Waals surface area contributed by atoms with E-state index < -0.39 is 42.1 Å². The lowest BCUT2D eigenvalue weighted by atomic mass is 9.89. The minimum atomic E-state index is -1.33. The first-order chi connectivity index (χ1) is 16.7. The molecule has 3 rings (SSSR count). The zero-order chi connectivity index (χ0) is 25.4. The normalized spacial score (nSPS) is 19.1. The fourth-order valence-corrected chi connectivity index (χ4v) is 3.92. The van der Waals surface area contributed by atoms with Crippen LogP contribution in [0.3, 0.4) is 0 Å². The van der Waals surface area contributed by atoms with Crippen molar-refractivity contribution in [3.05, 3.63) is 76.3 Å². The molecule has 0 saturated heterocycles. The fourth-order valence-electron chi connectivity index (χ4n) is 3.45. The first-order valence-corrected chi connectivity index (χ1v) is 11.6. The van der Waals surface area contributed by atoms with Crippen LogP contribution in [0.2, 0.25) is 0 Å². The fraction of sp³-hybridized carbons (Fsp3) is 0.250. The molecule has 0 saturated carbocycles. The molecule has 0 aliphatic heterocycles. The van der Waals surface area contributed by atoms with Crippen molar-refractivity contribution in [3.8, 4) is 0 Å². The number of primary amides is 1. The van der Waals surface area contributed by atoms with Crippen LogP contribution in [0, 0.1) is 0 Å². The molecule has 2 aromatic rings. The molecule has 0 radical (unpaired) electrons. The molecule has 0 heterocycles. The molecule has 3 atom stereocenters. The lowest BCUT2D eigenvalue weighted by molar-refractivity contribution is -0.119. The maximum atomic E-state index is 12.8. The van der Waals surface area contributed by atoms with Crippen LogP contribution in [0.5, 0.6) is 0 Å². The SMILES string of the molecule is NC(=O)CCNC(=O)C1=CC(NC(=O)c2ccccc2Br)C(O)C(OC(=O)Nc2ccccc2)C1. The van der Waals surface area contributed by atoms with Gasteiger partial charge in [0.05, 0.1) is 11.6 Å². The van der Waals surface area contributed by atoms with Crippen LogP contribution in [-0.2, 0) is 14.3 Å². The second kappa shape index (κ2) is 12.1. The molecule has 0 aromatic heterocycles. The quantitative estimate of drug-likeness (QED) is 0.341. The van der Waals surface area contributed by atoms with Crippen LogP contribution in [0.25, 0.3) is 0 Å². The summed E-state index contributed by atoms with van der Waals surface area (Å²) in [7, 11) is 0. The smallest absolute Gasteiger partial charge is 0.411 e. The number of aliphatic hydroxyl groups excluding tert-OH is 1. The van der Waals surface area contributed by atoms with E-state index in [0.717, 1.165) is 0 Å². The summed E-state index contributed by atoms with van der Waals surface area (Å²) in [6.45, 7) is 0.0159. The van der Waals surface area contributed by atoms with E-state index in [-0.39, 0.29) is 25.0 Å². The summed E-state index contributed by atoms with van der Waals surface area (Å²) >= 11 is 3.31. The predicted molar refractivity (Wildman–Crippen MR) is 131 cm³/mol. The van der Waals surface area contributed by atoms with Gasteiger partial charge >= 0.3 is 6.09 Å². The monoisotopic (exact) mass is 544 g/mol. The number of anilines is 1. The van der Waals surface area contributed by atoms with Crippen molar-refractivity contribution in [3.63, 3.8) is 0 Å². The third kappa shape index (κ3) is 7.39. The van der Waals surface area contributed by atoms with E-state index >= 15 is 0 Å². The Morgan fingerprint density at radius 2 is 1.71 bits per heavy atom. The van der Waals surface area contributed by atoms with Crippen LogP contribution in [0.15, 0.2) is 70.7 Å². The van der Waals surface area contributed by atoms with Gasteiger partial charge in [0, 0.05) is 35.1 Å². The van der Waals surface area contributed by atoms with E-state index in [1.807, 2.05) is 0 Å². The number of benzene rings is 2. The topological polar surface area (TPSA) is 160 Å². The molecular formula is C24H25BrN4O6. The molecular weight excluding hydrogens is 520 g/mol. The van der Waals surface area contributed by atoms with Gasteiger partial charge in [0.25, 0.3) is 5.91 Å². The molecule has 0 spiro atoms. The highest BCUT2D eigenvalue weighted by atomic mass is 79.9. The molecule has 0 fully saturated rings. The summed E-state index contributed by atoms with van der Waals surface area (Å²) in [5.74, 6) is -1.60. The predicted octanol–water partition coefficient (Wildman–Crippen LogP) is 1.85. The van der Waals surface area contributed by atoms with Crippen LogP contribution in [0.4, 0.5) is 10.5 Å². The van der Waals surface area contributed by atoms with Gasteiger partial charge in [-0.3, -0.25) is 19.7 Å². The van der Waals surface area contributed by atoms with Gasteiger partial charge < -0.3 is 26.2 Å². The number of hydrogen-bond donors (Lipinski definition) is 5. The first-order valence-electron chi connectivity index (χ1n) is 10.8. The highest BCUT2D eigenvalue weighted by Crippen LogP contribution is 2.24. The van der Waals surface area contributed by atoms with Crippen molar-refractivity contribution in [1.29, 1.82) is 0 Å². The summed E-state index contributed by atoms with van der Waals surface area (Å²) in [6, 6.07) is 14.3. The Bertz CT molecular complexity index is 1120. The van der Waals surface area contributed by atoms with Gasteiger partial charge in [-0.05, 0) is 40.2 Å². The lowest BCUT2D eigenvalue weighted by Crippen LogP contribution is -2.52. The summed E-state index contributed by atoms with van der Waals surface area (Å²) < 4.78 is 5.96. The van der Waals surface area contributed by atoms with Crippen LogP contribution < -0.4 is 21.7 Å². The lowest BCUT2D eigenvalue weighted by Gasteiger charge is -2.33. The third-order valence-electron chi connectivity index (χ3n) is 5.19. The minimum Gasteiger partial charge on any atom is -0.443 e. The molecule has 1 aliphatic rings. The van der Waals surface area contributed by atoms with Gasteiger partial charge in [-0.15, -0.1) is 0 Å². The van der Waals surface area contributed by atoms with Crippen molar-refractivity contribution in [2.24, 2.45) is 5.73 Å². The maximum Gasteiger partial charge on any atom is 0.411 e. The zero-order valence-corrected chi connectivity index (χ0v) is 20.2. The highest BCUT2D eigenvalue weighted by Gasteiger charge is 2.37. The number of rotatable bonds is 8. The number of ether oxygens (including phenoxy) is 1. The van der Waals surface area contributed by atoms with Gasteiger partial charge in [-0.25, -0.2) is 4.79 Å². The summed E-state index contributed by atoms with van der Waals surface area (Å²) in [6.07, 6.45) is -2.04. The molecule has 3 unspecified atom stereocenters. The molecule has 10 nitrogen and oxygen atoms in total. The van der Waals surface area contributed by atoms with E-state index in [1.165, 1.54) is 6.08 Å². The largest absolute Gasteiger partial charge is 0.443 e. The standard InChI is InChI=1S/C24H25BrN4O6/c25-17-9-5-4-8-16(17)23(33)29-18-12-14(22(32)27-11-10-20(26)30)13-19(21(18)31)35-24(34)28-15-6-2-1-3-7-15/h1-9,12,18-19,21,31H,10-11,13H2,(H2,26,30)(H,27,32)(H,28,34)(H,29,33). The van der Waals surface area contributed by atoms with Crippen molar-refractivity contribution in [1.82, 2.24) is 10.6 Å². The summed E-state index contributed by atoms with van der Waals surface area (Å²) in [5, 5.41) is 18.7. The Morgan fingerprint density at radius 3 is 2.40 bits per heavy atom. The van der Waals surface area contributed by atoms with E-state index in [9.17, 15) is 24.3 Å². The molecule has 6 N–H and O–H groups in total. The molecule has 4 amide bonds. The number of carbonyl (C=O) groups is 4. The summed E-state index contributed by atoms with van der Waals surface area (Å²) in [4.78, 5) is 48.9. The number of halogens is 1. The van der Waals surface area contributed by atoms with Crippen molar-refractivity contribution >= 4 is 45.4 Å². The number of carbonyl (C=O) groups excluding carboxylic acids is 4. The van der Waals surface area contributed by atoms with Crippen molar-refractivity contribution < 1.29 is 29.0 Å². The molecule has 35 heavy (non-hydrogen) atoms. The van der Waals surface area contributed by atoms with Gasteiger partial charge in [0.1, 0.15) is 12.2 Å². The van der Waals surface area contributed by atoms with Gasteiger partial charge in [-0.1, -0.05) is 36.4 Å². The molecule has 0 bridgehead atoms. The number of para-hydroxylation sites is 1. The van der Waals surface area contributed by atoms with Crippen LogP contribution >= 0.6 is 15.9 Å². The Hall–Kier alpha value is -3.70. The Kier molecular flexibility index (Phi) is 8.98.